The Balaban J connectivity index is 2.19. The Morgan fingerprint density at radius 3 is 2.53 bits per heavy atom. The molecule has 0 aromatic carbocycles. The molecule has 0 amide bonds. The van der Waals surface area contributed by atoms with Gasteiger partial charge in [-0.2, -0.15) is 0 Å². The monoisotopic (exact) mass is 248 g/mol. The third kappa shape index (κ3) is 3.00. The van der Waals surface area contributed by atoms with E-state index in [4.69, 9.17) is 17.4 Å². The van der Waals surface area contributed by atoms with Gasteiger partial charge in [0.2, 0.25) is 0 Å². The van der Waals surface area contributed by atoms with Crippen LogP contribution < -0.4 is 11.3 Å². The molecule has 0 aliphatic heterocycles. The van der Waals surface area contributed by atoms with Crippen LogP contribution in [-0.2, 0) is 6.42 Å². The predicted octanol–water partition coefficient (Wildman–Crippen LogP) is 1.88. The molecule has 4 nitrogen and oxygen atoms in total. The third-order valence-electron chi connectivity index (χ3n) is 2.59. The number of halogens is 1. The predicted molar refractivity (Wildman–Crippen MR) is 67.3 cm³/mol. The first-order chi connectivity index (χ1) is 8.31. The molecule has 0 fully saturated rings. The van der Waals surface area contributed by atoms with Crippen LogP contribution in [0.15, 0.2) is 43.0 Å². The molecule has 17 heavy (non-hydrogen) atoms. The molecule has 2 heterocycles. The second-order valence-electron chi connectivity index (χ2n) is 3.67. The molecule has 0 saturated heterocycles. The minimum atomic E-state index is 0.0119. The molecule has 3 N–H and O–H groups in total. The highest BCUT2D eigenvalue weighted by molar-refractivity contribution is 6.31. The highest BCUT2D eigenvalue weighted by Gasteiger charge is 2.12. The first-order valence-electron chi connectivity index (χ1n) is 5.25. The van der Waals surface area contributed by atoms with Gasteiger partial charge >= 0.3 is 0 Å². The molecule has 5 heteroatoms. The first kappa shape index (κ1) is 12.0. The first-order valence-corrected chi connectivity index (χ1v) is 5.63. The standard InChI is InChI=1S/C12H13ClN4/c13-11-8-16-6-3-10(11)7-12(17-14)9-1-4-15-5-2-9/h1-6,8,12,17H,7,14H2. The van der Waals surface area contributed by atoms with Crippen LogP contribution in [0.5, 0.6) is 0 Å². The second-order valence-corrected chi connectivity index (χ2v) is 4.08. The molecule has 88 valence electrons. The molecule has 0 aliphatic rings. The van der Waals surface area contributed by atoms with Crippen LogP contribution in [0.3, 0.4) is 0 Å². The van der Waals surface area contributed by atoms with Crippen molar-refractivity contribution in [2.45, 2.75) is 12.5 Å². The number of hydrogen-bond acceptors (Lipinski definition) is 4. The van der Waals surface area contributed by atoms with E-state index < -0.39 is 0 Å². The average Bonchev–Trinajstić information content (AvgIpc) is 2.39. The molecule has 1 atom stereocenters. The summed E-state index contributed by atoms with van der Waals surface area (Å²) in [6, 6.07) is 5.77. The molecule has 0 spiro atoms. The smallest absolute Gasteiger partial charge is 0.0622 e. The van der Waals surface area contributed by atoms with E-state index in [0.29, 0.717) is 11.4 Å². The highest BCUT2D eigenvalue weighted by Crippen LogP contribution is 2.21. The summed E-state index contributed by atoms with van der Waals surface area (Å²) in [7, 11) is 0. The van der Waals surface area contributed by atoms with Crippen molar-refractivity contribution in [1.29, 1.82) is 0 Å². The number of pyridine rings is 2. The van der Waals surface area contributed by atoms with Gasteiger partial charge in [-0.25, -0.2) is 0 Å². The van der Waals surface area contributed by atoms with Crippen molar-refractivity contribution >= 4 is 11.6 Å². The summed E-state index contributed by atoms with van der Waals surface area (Å²) in [6.45, 7) is 0. The zero-order valence-corrected chi connectivity index (χ0v) is 9.93. The molecule has 2 rings (SSSR count). The van der Waals surface area contributed by atoms with Crippen LogP contribution in [-0.4, -0.2) is 9.97 Å². The highest BCUT2D eigenvalue weighted by atomic mass is 35.5. The third-order valence-corrected chi connectivity index (χ3v) is 2.93. The van der Waals surface area contributed by atoms with Gasteiger partial charge < -0.3 is 0 Å². The summed E-state index contributed by atoms with van der Waals surface area (Å²) < 4.78 is 0. The topological polar surface area (TPSA) is 63.8 Å². The fourth-order valence-electron chi connectivity index (χ4n) is 1.66. The van der Waals surface area contributed by atoms with Crippen LogP contribution in [0.1, 0.15) is 17.2 Å². The Morgan fingerprint density at radius 1 is 1.18 bits per heavy atom. The summed E-state index contributed by atoms with van der Waals surface area (Å²) >= 11 is 6.07. The number of nitrogens with zero attached hydrogens (tertiary/aromatic N) is 2. The molecule has 0 saturated carbocycles. The number of rotatable bonds is 4. The lowest BCUT2D eigenvalue weighted by atomic mass is 10.0. The van der Waals surface area contributed by atoms with Crippen LogP contribution in [0.4, 0.5) is 0 Å². The molecule has 1 unspecified atom stereocenters. The second kappa shape index (κ2) is 5.72. The normalized spacial score (nSPS) is 12.4. The molecule has 0 aliphatic carbocycles. The molecule has 0 radical (unpaired) electrons. The molecule has 2 aromatic rings. The number of aromatic nitrogens is 2. The summed E-state index contributed by atoms with van der Waals surface area (Å²) in [5.74, 6) is 5.57. The van der Waals surface area contributed by atoms with E-state index in [-0.39, 0.29) is 6.04 Å². The number of nitrogens with two attached hydrogens (primary N) is 1. The summed E-state index contributed by atoms with van der Waals surface area (Å²) in [5.41, 5.74) is 4.88. The van der Waals surface area contributed by atoms with Crippen molar-refractivity contribution in [2.24, 2.45) is 5.84 Å². The lowest BCUT2D eigenvalue weighted by Crippen LogP contribution is -2.29. The van der Waals surface area contributed by atoms with Crippen molar-refractivity contribution in [3.8, 4) is 0 Å². The van der Waals surface area contributed by atoms with Gasteiger partial charge in [-0.05, 0) is 35.7 Å². The SMILES string of the molecule is NNC(Cc1ccncc1Cl)c1ccncc1. The van der Waals surface area contributed by atoms with Crippen molar-refractivity contribution in [2.75, 3.05) is 0 Å². The summed E-state index contributed by atoms with van der Waals surface area (Å²) in [5, 5.41) is 0.654. The van der Waals surface area contributed by atoms with Gasteiger partial charge in [0.15, 0.2) is 0 Å². The number of hydrogen-bond donors (Lipinski definition) is 2. The van der Waals surface area contributed by atoms with Crippen molar-refractivity contribution < 1.29 is 0 Å². The Bertz CT molecular complexity index is 475. The van der Waals surface area contributed by atoms with E-state index in [0.717, 1.165) is 11.1 Å². The Morgan fingerprint density at radius 2 is 1.88 bits per heavy atom. The maximum absolute atomic E-state index is 6.07. The fraction of sp³-hybridized carbons (Fsp3) is 0.167. The zero-order valence-electron chi connectivity index (χ0n) is 9.18. The summed E-state index contributed by atoms with van der Waals surface area (Å²) in [4.78, 5) is 7.94. The van der Waals surface area contributed by atoms with E-state index in [2.05, 4.69) is 15.4 Å². The van der Waals surface area contributed by atoms with Crippen LogP contribution >= 0.6 is 11.6 Å². The van der Waals surface area contributed by atoms with E-state index in [1.165, 1.54) is 0 Å². The van der Waals surface area contributed by atoms with Gasteiger partial charge in [-0.15, -0.1) is 0 Å². The fourth-order valence-corrected chi connectivity index (χ4v) is 1.85. The van der Waals surface area contributed by atoms with Crippen LogP contribution in [0, 0.1) is 0 Å². The van der Waals surface area contributed by atoms with Gasteiger partial charge in [0.25, 0.3) is 0 Å². The summed E-state index contributed by atoms with van der Waals surface area (Å²) in [6.07, 6.45) is 7.56. The maximum Gasteiger partial charge on any atom is 0.0622 e. The van der Waals surface area contributed by atoms with Gasteiger partial charge in [-0.3, -0.25) is 21.2 Å². The number of hydrazine groups is 1. The molecular formula is C12H13ClN4. The Labute approximate surface area is 105 Å². The van der Waals surface area contributed by atoms with Gasteiger partial charge in [0.1, 0.15) is 0 Å². The Kier molecular flexibility index (Phi) is 4.03. The average molecular weight is 249 g/mol. The van der Waals surface area contributed by atoms with E-state index in [1.807, 2.05) is 18.2 Å². The van der Waals surface area contributed by atoms with Gasteiger partial charge in [-0.1, -0.05) is 11.6 Å². The van der Waals surface area contributed by atoms with E-state index >= 15 is 0 Å². The van der Waals surface area contributed by atoms with Gasteiger partial charge in [0.05, 0.1) is 11.1 Å². The van der Waals surface area contributed by atoms with Crippen LogP contribution in [0.2, 0.25) is 5.02 Å². The van der Waals surface area contributed by atoms with Crippen molar-refractivity contribution in [1.82, 2.24) is 15.4 Å². The zero-order chi connectivity index (χ0) is 12.1. The molecule has 2 aromatic heterocycles. The van der Waals surface area contributed by atoms with E-state index in [9.17, 15) is 0 Å². The molecule has 0 bridgehead atoms. The lowest BCUT2D eigenvalue weighted by Gasteiger charge is -2.16. The van der Waals surface area contributed by atoms with Crippen molar-refractivity contribution in [3.63, 3.8) is 0 Å². The minimum Gasteiger partial charge on any atom is -0.271 e. The Hall–Kier alpha value is -1.49. The largest absolute Gasteiger partial charge is 0.271 e. The minimum absolute atomic E-state index is 0.0119. The van der Waals surface area contributed by atoms with E-state index in [1.54, 1.807) is 24.8 Å². The van der Waals surface area contributed by atoms with Gasteiger partial charge in [0, 0.05) is 24.8 Å². The quantitative estimate of drug-likeness (QED) is 0.641. The van der Waals surface area contributed by atoms with Crippen molar-refractivity contribution in [3.05, 3.63) is 59.1 Å². The number of nitrogens with one attached hydrogen (secondary N) is 1. The molecular weight excluding hydrogens is 236 g/mol. The lowest BCUT2D eigenvalue weighted by molar-refractivity contribution is 0.551. The maximum atomic E-state index is 6.07. The van der Waals surface area contributed by atoms with Crippen LogP contribution in [0.25, 0.3) is 0 Å².